The third-order valence-corrected chi connectivity index (χ3v) is 4.27. The average Bonchev–Trinajstić information content (AvgIpc) is 2.61. The molecule has 0 saturated heterocycles. The monoisotopic (exact) mass is 390 g/mol. The van der Waals surface area contributed by atoms with E-state index in [9.17, 15) is 0 Å². The summed E-state index contributed by atoms with van der Waals surface area (Å²) in [4.78, 5) is 0. The molecule has 0 aliphatic rings. The van der Waals surface area contributed by atoms with E-state index in [0.29, 0.717) is 11.4 Å². The first-order valence-electron chi connectivity index (χ1n) is 5.92. The number of hydrogen-bond donors (Lipinski definition) is 2. The fourth-order valence-electron chi connectivity index (χ4n) is 2.09. The number of halogens is 2. The normalized spacial score (nSPS) is 12.7. The van der Waals surface area contributed by atoms with Crippen LogP contribution < -0.4 is 11.3 Å². The fraction of sp³-hybridized carbons (Fsp3) is 0.308. The number of rotatable bonds is 4. The topological polar surface area (TPSA) is 55.9 Å². The number of hydrazine groups is 1. The second kappa shape index (κ2) is 6.21. The molecule has 3 N–H and O–H groups in total. The third-order valence-electron chi connectivity index (χ3n) is 3.11. The molecule has 0 spiro atoms. The van der Waals surface area contributed by atoms with E-state index in [4.69, 9.17) is 17.4 Å². The molecule has 2 rings (SSSR count). The van der Waals surface area contributed by atoms with Crippen molar-refractivity contribution in [1.82, 2.24) is 15.2 Å². The summed E-state index contributed by atoms with van der Waals surface area (Å²) in [5, 5.41) is 5.04. The van der Waals surface area contributed by atoms with Crippen LogP contribution in [0, 0.1) is 10.5 Å². The van der Waals surface area contributed by atoms with Crippen LogP contribution in [0.15, 0.2) is 24.3 Å². The lowest BCUT2D eigenvalue weighted by atomic mass is 10.0. The molecule has 0 aliphatic carbocycles. The first-order valence-corrected chi connectivity index (χ1v) is 7.38. The van der Waals surface area contributed by atoms with Gasteiger partial charge in [0, 0.05) is 17.0 Å². The zero-order chi connectivity index (χ0) is 14.0. The summed E-state index contributed by atoms with van der Waals surface area (Å²) in [6.07, 6.45) is 0.701. The van der Waals surface area contributed by atoms with Crippen LogP contribution in [0.1, 0.15) is 23.0 Å². The Morgan fingerprint density at radius 2 is 2.26 bits per heavy atom. The second-order valence-electron chi connectivity index (χ2n) is 4.45. The number of hydrogen-bond acceptors (Lipinski definition) is 3. The molecular formula is C13H16ClIN4. The Morgan fingerprint density at radius 3 is 2.79 bits per heavy atom. The zero-order valence-electron chi connectivity index (χ0n) is 10.8. The molecule has 6 heteroatoms. The van der Waals surface area contributed by atoms with Crippen LogP contribution in [-0.2, 0) is 13.5 Å². The molecular weight excluding hydrogens is 375 g/mol. The maximum Gasteiger partial charge on any atom is 0.0847 e. The van der Waals surface area contributed by atoms with E-state index >= 15 is 0 Å². The lowest BCUT2D eigenvalue weighted by molar-refractivity contribution is 0.530. The first kappa shape index (κ1) is 14.8. The summed E-state index contributed by atoms with van der Waals surface area (Å²) in [7, 11) is 1.90. The van der Waals surface area contributed by atoms with Gasteiger partial charge in [0.15, 0.2) is 0 Å². The highest BCUT2D eigenvalue weighted by Crippen LogP contribution is 2.25. The molecule has 0 aliphatic heterocycles. The minimum absolute atomic E-state index is 0.0158. The van der Waals surface area contributed by atoms with E-state index in [1.54, 1.807) is 0 Å². The number of nitrogens with two attached hydrogens (primary N) is 1. The van der Waals surface area contributed by atoms with Gasteiger partial charge in [-0.3, -0.25) is 16.0 Å². The van der Waals surface area contributed by atoms with Gasteiger partial charge < -0.3 is 0 Å². The van der Waals surface area contributed by atoms with Crippen LogP contribution in [0.25, 0.3) is 0 Å². The summed E-state index contributed by atoms with van der Waals surface area (Å²) in [5.41, 5.74) is 5.83. The highest BCUT2D eigenvalue weighted by Gasteiger charge is 2.17. The molecule has 1 heterocycles. The lowest BCUT2D eigenvalue weighted by Crippen LogP contribution is -2.30. The molecule has 19 heavy (non-hydrogen) atoms. The van der Waals surface area contributed by atoms with Crippen molar-refractivity contribution in [2.75, 3.05) is 0 Å². The molecule has 1 aromatic carbocycles. The van der Waals surface area contributed by atoms with Crippen molar-refractivity contribution in [2.45, 2.75) is 19.4 Å². The predicted octanol–water partition coefficient (Wildman–Crippen LogP) is 2.73. The lowest BCUT2D eigenvalue weighted by Gasteiger charge is -2.17. The molecule has 1 atom stereocenters. The Hall–Kier alpha value is -0.630. The number of nitrogens with one attached hydrogen (secondary N) is 1. The highest BCUT2D eigenvalue weighted by molar-refractivity contribution is 14.1. The summed E-state index contributed by atoms with van der Waals surface area (Å²) in [6, 6.07) is 8.27. The van der Waals surface area contributed by atoms with Crippen molar-refractivity contribution in [3.05, 3.63) is 49.8 Å². The predicted molar refractivity (Wildman–Crippen MR) is 85.9 cm³/mol. The van der Waals surface area contributed by atoms with Crippen molar-refractivity contribution in [2.24, 2.45) is 12.9 Å². The van der Waals surface area contributed by atoms with Crippen LogP contribution in [0.3, 0.4) is 0 Å². The summed E-state index contributed by atoms with van der Waals surface area (Å²) in [6.45, 7) is 1.90. The van der Waals surface area contributed by atoms with Gasteiger partial charge in [-0.15, -0.1) is 0 Å². The maximum absolute atomic E-state index is 6.28. The molecule has 0 radical (unpaired) electrons. The smallest absolute Gasteiger partial charge is 0.0847 e. The van der Waals surface area contributed by atoms with Gasteiger partial charge in [-0.1, -0.05) is 23.7 Å². The Kier molecular flexibility index (Phi) is 4.83. The molecule has 102 valence electrons. The van der Waals surface area contributed by atoms with E-state index in [0.717, 1.165) is 17.0 Å². The van der Waals surface area contributed by atoms with Crippen molar-refractivity contribution >= 4 is 34.2 Å². The molecule has 2 aromatic rings. The van der Waals surface area contributed by atoms with Gasteiger partial charge in [-0.2, -0.15) is 5.10 Å². The molecule has 0 saturated carbocycles. The number of benzene rings is 1. The third kappa shape index (κ3) is 3.28. The van der Waals surface area contributed by atoms with E-state index < -0.39 is 0 Å². The SMILES string of the molecule is Cc1nn(C)c(CC(NN)c2cccc(I)c2)c1Cl. The quantitative estimate of drug-likeness (QED) is 0.479. The van der Waals surface area contributed by atoms with Gasteiger partial charge in [0.25, 0.3) is 0 Å². The van der Waals surface area contributed by atoms with Crippen LogP contribution in [0.5, 0.6) is 0 Å². The van der Waals surface area contributed by atoms with Crippen molar-refractivity contribution in [3.63, 3.8) is 0 Å². The largest absolute Gasteiger partial charge is 0.271 e. The second-order valence-corrected chi connectivity index (χ2v) is 6.07. The molecule has 1 aromatic heterocycles. The zero-order valence-corrected chi connectivity index (χ0v) is 13.7. The number of aryl methyl sites for hydroxylation is 2. The summed E-state index contributed by atoms with van der Waals surface area (Å²) < 4.78 is 3.00. The number of nitrogens with zero attached hydrogens (tertiary/aromatic N) is 2. The Labute approximate surface area is 131 Å². The van der Waals surface area contributed by atoms with Crippen LogP contribution >= 0.6 is 34.2 Å². The van der Waals surface area contributed by atoms with Gasteiger partial charge in [0.1, 0.15) is 0 Å². The molecule has 0 amide bonds. The van der Waals surface area contributed by atoms with Crippen LogP contribution in [-0.4, -0.2) is 9.78 Å². The average molecular weight is 391 g/mol. The molecule has 0 bridgehead atoms. The standard InChI is InChI=1S/C13H16ClIN4/c1-8-13(14)12(19(2)18-8)7-11(17-16)9-4-3-5-10(15)6-9/h3-6,11,17H,7,16H2,1-2H3. The Balaban J connectivity index is 2.29. The fourth-order valence-corrected chi connectivity index (χ4v) is 2.90. The van der Waals surface area contributed by atoms with Gasteiger partial charge in [-0.25, -0.2) is 0 Å². The van der Waals surface area contributed by atoms with E-state index in [-0.39, 0.29) is 6.04 Å². The van der Waals surface area contributed by atoms with Gasteiger partial charge in [0.2, 0.25) is 0 Å². The minimum Gasteiger partial charge on any atom is -0.271 e. The summed E-state index contributed by atoms with van der Waals surface area (Å²) >= 11 is 8.57. The summed E-state index contributed by atoms with van der Waals surface area (Å²) in [5.74, 6) is 5.68. The van der Waals surface area contributed by atoms with Gasteiger partial charge in [0.05, 0.1) is 22.5 Å². The molecule has 4 nitrogen and oxygen atoms in total. The van der Waals surface area contributed by atoms with E-state index in [1.807, 2.05) is 24.7 Å². The van der Waals surface area contributed by atoms with Crippen molar-refractivity contribution in [1.29, 1.82) is 0 Å². The Bertz CT molecular complexity index is 582. The van der Waals surface area contributed by atoms with Crippen LogP contribution in [0.4, 0.5) is 0 Å². The van der Waals surface area contributed by atoms with Crippen molar-refractivity contribution < 1.29 is 0 Å². The van der Waals surface area contributed by atoms with Gasteiger partial charge in [-0.05, 0) is 47.2 Å². The first-order chi connectivity index (χ1) is 9.02. The Morgan fingerprint density at radius 1 is 1.53 bits per heavy atom. The maximum atomic E-state index is 6.28. The number of aromatic nitrogens is 2. The highest BCUT2D eigenvalue weighted by atomic mass is 127. The minimum atomic E-state index is 0.0158. The van der Waals surface area contributed by atoms with E-state index in [2.05, 4.69) is 51.3 Å². The van der Waals surface area contributed by atoms with E-state index in [1.165, 1.54) is 3.57 Å². The molecule has 1 unspecified atom stereocenters. The van der Waals surface area contributed by atoms with Crippen molar-refractivity contribution in [3.8, 4) is 0 Å². The molecule has 0 fully saturated rings. The van der Waals surface area contributed by atoms with Gasteiger partial charge >= 0.3 is 0 Å². The van der Waals surface area contributed by atoms with Crippen LogP contribution in [0.2, 0.25) is 5.02 Å².